The average Bonchev–Trinajstić information content (AvgIpc) is 2.25. The first-order valence-corrected chi connectivity index (χ1v) is 9.71. The van der Waals surface area contributed by atoms with Gasteiger partial charge in [0.25, 0.3) is 0 Å². The molecule has 1 saturated heterocycles. The van der Waals surface area contributed by atoms with Gasteiger partial charge in [0.05, 0.1) is 11.5 Å². The van der Waals surface area contributed by atoms with E-state index in [0.29, 0.717) is 6.54 Å². The lowest BCUT2D eigenvalue weighted by Gasteiger charge is -2.38. The van der Waals surface area contributed by atoms with Crippen molar-refractivity contribution >= 4 is 19.9 Å². The molecule has 2 atom stereocenters. The van der Waals surface area contributed by atoms with Crippen molar-refractivity contribution in [2.45, 2.75) is 25.8 Å². The van der Waals surface area contributed by atoms with Crippen LogP contribution in [0.4, 0.5) is 0 Å². The summed E-state index contributed by atoms with van der Waals surface area (Å²) < 4.78 is 47.8. The van der Waals surface area contributed by atoms with Gasteiger partial charge in [-0.1, -0.05) is 6.92 Å². The van der Waals surface area contributed by atoms with Gasteiger partial charge in [0.1, 0.15) is 9.84 Å². The van der Waals surface area contributed by atoms with Crippen LogP contribution in [0.25, 0.3) is 0 Å². The molecule has 1 heterocycles. The Labute approximate surface area is 110 Å². The second-order valence-electron chi connectivity index (χ2n) is 4.98. The molecule has 18 heavy (non-hydrogen) atoms. The highest BCUT2D eigenvalue weighted by atomic mass is 32.2. The van der Waals surface area contributed by atoms with Gasteiger partial charge in [0, 0.05) is 25.4 Å². The molecule has 0 radical (unpaired) electrons. The van der Waals surface area contributed by atoms with Crippen molar-refractivity contribution in [2.75, 3.05) is 30.9 Å². The van der Waals surface area contributed by atoms with Gasteiger partial charge < -0.3 is 5.73 Å². The van der Waals surface area contributed by atoms with Crippen LogP contribution in [-0.2, 0) is 19.9 Å². The van der Waals surface area contributed by atoms with E-state index in [0.717, 1.165) is 19.1 Å². The van der Waals surface area contributed by atoms with E-state index in [1.165, 1.54) is 4.31 Å². The minimum atomic E-state index is -3.54. The van der Waals surface area contributed by atoms with Crippen LogP contribution in [0, 0.1) is 5.92 Å². The van der Waals surface area contributed by atoms with Gasteiger partial charge in [-0.05, 0) is 18.8 Å². The molecule has 6 nitrogen and oxygen atoms in total. The lowest BCUT2D eigenvalue weighted by atomic mass is 9.93. The first kappa shape index (κ1) is 15.9. The molecule has 108 valence electrons. The Bertz CT molecular complexity index is 472. The molecule has 0 amide bonds. The van der Waals surface area contributed by atoms with Gasteiger partial charge in [-0.2, -0.15) is 4.31 Å². The van der Waals surface area contributed by atoms with E-state index in [1.807, 2.05) is 6.92 Å². The molecule has 0 aromatic rings. The maximum absolute atomic E-state index is 12.2. The molecular formula is C10H22N2O4S2. The normalized spacial score (nSPS) is 27.3. The topological polar surface area (TPSA) is 97.5 Å². The lowest BCUT2D eigenvalue weighted by Crippen LogP contribution is -2.52. The number of piperidine rings is 1. The highest BCUT2D eigenvalue weighted by molar-refractivity contribution is 7.93. The van der Waals surface area contributed by atoms with Crippen molar-refractivity contribution in [1.82, 2.24) is 4.31 Å². The number of nitrogens with zero attached hydrogens (tertiary/aromatic N) is 1. The van der Waals surface area contributed by atoms with Crippen molar-refractivity contribution < 1.29 is 16.8 Å². The van der Waals surface area contributed by atoms with Crippen LogP contribution in [0.5, 0.6) is 0 Å². The van der Waals surface area contributed by atoms with Crippen molar-refractivity contribution in [3.05, 3.63) is 0 Å². The lowest BCUT2D eigenvalue weighted by molar-refractivity contribution is 0.193. The zero-order valence-electron chi connectivity index (χ0n) is 10.9. The van der Waals surface area contributed by atoms with Gasteiger partial charge in [-0.15, -0.1) is 0 Å². The number of hydrogen-bond acceptors (Lipinski definition) is 5. The van der Waals surface area contributed by atoms with E-state index in [-0.39, 0.29) is 30.0 Å². The fraction of sp³-hybridized carbons (Fsp3) is 1.00. The van der Waals surface area contributed by atoms with Gasteiger partial charge in [0.15, 0.2) is 0 Å². The number of sulfone groups is 1. The van der Waals surface area contributed by atoms with Crippen LogP contribution in [-0.4, -0.2) is 58.0 Å². The summed E-state index contributed by atoms with van der Waals surface area (Å²) in [6.07, 6.45) is 2.80. The molecule has 8 heteroatoms. The summed E-state index contributed by atoms with van der Waals surface area (Å²) in [6, 6.07) is -0.205. The Morgan fingerprint density at radius 1 is 1.22 bits per heavy atom. The third kappa shape index (κ3) is 4.18. The van der Waals surface area contributed by atoms with E-state index in [9.17, 15) is 16.8 Å². The maximum Gasteiger partial charge on any atom is 0.215 e. The molecule has 0 aromatic carbocycles. The Morgan fingerprint density at radius 3 is 2.33 bits per heavy atom. The molecule has 1 rings (SSSR count). The van der Waals surface area contributed by atoms with Gasteiger partial charge in [0.2, 0.25) is 10.0 Å². The summed E-state index contributed by atoms with van der Waals surface area (Å²) in [5, 5.41) is 0. The summed E-state index contributed by atoms with van der Waals surface area (Å²) in [7, 11) is -6.81. The van der Waals surface area contributed by atoms with E-state index in [4.69, 9.17) is 5.73 Å². The second kappa shape index (κ2) is 5.85. The second-order valence-corrected chi connectivity index (χ2v) is 9.28. The SMILES string of the molecule is C[C@@H]1CCCN(S(=O)(=O)CCS(C)(=O)=O)[C@@H]1CN. The molecule has 0 bridgehead atoms. The highest BCUT2D eigenvalue weighted by Gasteiger charge is 2.35. The van der Waals surface area contributed by atoms with E-state index in [1.54, 1.807) is 0 Å². The quantitative estimate of drug-likeness (QED) is 0.732. The molecular weight excluding hydrogens is 276 g/mol. The Balaban J connectivity index is 2.82. The maximum atomic E-state index is 12.2. The molecule has 2 N–H and O–H groups in total. The largest absolute Gasteiger partial charge is 0.329 e. The van der Waals surface area contributed by atoms with Gasteiger partial charge in [-0.25, -0.2) is 16.8 Å². The Hall–Kier alpha value is -0.180. The fourth-order valence-corrected chi connectivity index (χ4v) is 5.68. The van der Waals surface area contributed by atoms with Crippen molar-refractivity contribution in [3.8, 4) is 0 Å². The van der Waals surface area contributed by atoms with E-state index < -0.39 is 19.9 Å². The van der Waals surface area contributed by atoms with Gasteiger partial charge in [-0.3, -0.25) is 0 Å². The molecule has 1 aliphatic heterocycles. The number of hydrogen-bond donors (Lipinski definition) is 1. The number of rotatable bonds is 5. The third-order valence-corrected chi connectivity index (χ3v) is 6.47. The zero-order valence-corrected chi connectivity index (χ0v) is 12.5. The number of sulfonamides is 1. The third-order valence-electron chi connectivity index (χ3n) is 3.38. The van der Waals surface area contributed by atoms with Crippen molar-refractivity contribution in [2.24, 2.45) is 11.7 Å². The highest BCUT2D eigenvalue weighted by Crippen LogP contribution is 2.25. The summed E-state index contributed by atoms with van der Waals surface area (Å²) in [5.74, 6) is -0.469. The molecule has 1 fully saturated rings. The first-order valence-electron chi connectivity index (χ1n) is 6.04. The first-order chi connectivity index (χ1) is 8.17. The van der Waals surface area contributed by atoms with E-state index >= 15 is 0 Å². The van der Waals surface area contributed by atoms with Crippen molar-refractivity contribution in [3.63, 3.8) is 0 Å². The zero-order chi connectivity index (χ0) is 14.0. The Kier molecular flexibility index (Phi) is 5.16. The van der Waals surface area contributed by atoms with Crippen molar-refractivity contribution in [1.29, 1.82) is 0 Å². The Morgan fingerprint density at radius 2 is 1.83 bits per heavy atom. The summed E-state index contributed by atoms with van der Waals surface area (Å²) in [4.78, 5) is 0. The van der Waals surface area contributed by atoms with Crippen LogP contribution in [0.3, 0.4) is 0 Å². The number of nitrogens with two attached hydrogens (primary N) is 1. The molecule has 1 aliphatic rings. The van der Waals surface area contributed by atoms with Crippen LogP contribution >= 0.6 is 0 Å². The molecule has 0 unspecified atom stereocenters. The van der Waals surface area contributed by atoms with Gasteiger partial charge >= 0.3 is 0 Å². The monoisotopic (exact) mass is 298 g/mol. The van der Waals surface area contributed by atoms with Crippen LogP contribution in [0.2, 0.25) is 0 Å². The van der Waals surface area contributed by atoms with Crippen LogP contribution in [0.15, 0.2) is 0 Å². The molecule has 0 spiro atoms. The predicted molar refractivity (Wildman–Crippen MR) is 71.4 cm³/mol. The minimum Gasteiger partial charge on any atom is -0.329 e. The molecule has 0 aromatic heterocycles. The minimum absolute atomic E-state index is 0.205. The average molecular weight is 298 g/mol. The summed E-state index contributed by atoms with van der Waals surface area (Å²) in [6.45, 7) is 2.70. The van der Waals surface area contributed by atoms with E-state index in [2.05, 4.69) is 0 Å². The molecule has 0 saturated carbocycles. The summed E-state index contributed by atoms with van der Waals surface area (Å²) in [5.41, 5.74) is 5.64. The standard InChI is InChI=1S/C10H22N2O4S2/c1-9-4-3-5-12(10(9)8-11)18(15,16)7-6-17(2,13)14/h9-10H,3-8,11H2,1-2H3/t9-,10-/m1/s1. The van der Waals surface area contributed by atoms with Crippen LogP contribution in [0.1, 0.15) is 19.8 Å². The summed E-state index contributed by atoms with van der Waals surface area (Å²) >= 11 is 0. The fourth-order valence-electron chi connectivity index (χ4n) is 2.28. The smallest absolute Gasteiger partial charge is 0.215 e. The predicted octanol–water partition coefficient (Wildman–Crippen LogP) is -0.580. The molecule has 0 aliphatic carbocycles. The van der Waals surface area contributed by atoms with Crippen LogP contribution < -0.4 is 5.73 Å².